The van der Waals surface area contributed by atoms with E-state index in [1.165, 1.54) is 16.7 Å². The molecule has 2 heterocycles. The van der Waals surface area contributed by atoms with Gasteiger partial charge in [0.1, 0.15) is 11.9 Å². The van der Waals surface area contributed by atoms with Crippen molar-refractivity contribution in [3.8, 4) is 5.75 Å². The van der Waals surface area contributed by atoms with Gasteiger partial charge in [-0.1, -0.05) is 42.5 Å². The van der Waals surface area contributed by atoms with Gasteiger partial charge in [0.15, 0.2) is 0 Å². The van der Waals surface area contributed by atoms with Gasteiger partial charge in [0, 0.05) is 30.9 Å². The third kappa shape index (κ3) is 6.06. The number of nitrogens with one attached hydrogen (secondary N) is 1. The van der Waals surface area contributed by atoms with Crippen molar-refractivity contribution in [1.29, 1.82) is 0 Å². The van der Waals surface area contributed by atoms with Gasteiger partial charge in [0.2, 0.25) is 5.91 Å². The molecule has 0 atom stereocenters. The molecule has 0 spiro atoms. The van der Waals surface area contributed by atoms with Crippen LogP contribution in [0.25, 0.3) is 0 Å². The second-order valence-corrected chi connectivity index (χ2v) is 9.43. The van der Waals surface area contributed by atoms with E-state index in [0.717, 1.165) is 55.2 Å². The number of carbonyl (C=O) groups excluding carboxylic acids is 1. The summed E-state index contributed by atoms with van der Waals surface area (Å²) in [7, 11) is 0. The van der Waals surface area contributed by atoms with Gasteiger partial charge in [0.05, 0.1) is 18.8 Å². The van der Waals surface area contributed by atoms with E-state index in [0.29, 0.717) is 13.1 Å². The van der Waals surface area contributed by atoms with E-state index in [9.17, 15) is 4.79 Å². The van der Waals surface area contributed by atoms with Gasteiger partial charge in [-0.25, -0.2) is 0 Å². The zero-order chi connectivity index (χ0) is 24.1. The third-order valence-corrected chi connectivity index (χ3v) is 6.71. The first-order chi connectivity index (χ1) is 16.4. The van der Waals surface area contributed by atoms with Crippen LogP contribution >= 0.6 is 0 Å². The van der Waals surface area contributed by atoms with Crippen molar-refractivity contribution in [3.05, 3.63) is 82.2 Å². The molecule has 180 valence electrons. The number of hydrogen-bond donors (Lipinski definition) is 1. The topological polar surface area (TPSA) is 59.4 Å². The first-order valence-corrected chi connectivity index (χ1v) is 12.2. The predicted octanol–water partition coefficient (Wildman–Crippen LogP) is 4.32. The fraction of sp³-hybridized carbons (Fsp3) is 0.429. The lowest BCUT2D eigenvalue weighted by Gasteiger charge is -2.32. The van der Waals surface area contributed by atoms with Crippen LogP contribution in [0, 0.1) is 27.7 Å². The summed E-state index contributed by atoms with van der Waals surface area (Å²) in [4.78, 5) is 14.9. The van der Waals surface area contributed by atoms with E-state index in [2.05, 4.69) is 61.3 Å². The number of piperidine rings is 1. The summed E-state index contributed by atoms with van der Waals surface area (Å²) in [5.41, 5.74) is 6.78. The standard InChI is InChI=1S/C28H36N4O2/c1-20-10-11-21(2)27(16-20)34-25-12-14-31(15-13-25)19-28(33)29-17-26-22(3)30-32(23(26)4)18-24-8-6-5-7-9-24/h5-11,16,25H,12-15,17-19H2,1-4H3,(H,29,33). The summed E-state index contributed by atoms with van der Waals surface area (Å²) in [5.74, 6) is 1.04. The molecular formula is C28H36N4O2. The van der Waals surface area contributed by atoms with E-state index < -0.39 is 0 Å². The number of hydrogen-bond acceptors (Lipinski definition) is 4. The molecule has 1 aromatic heterocycles. The van der Waals surface area contributed by atoms with Crippen molar-refractivity contribution in [1.82, 2.24) is 20.0 Å². The minimum atomic E-state index is 0.0588. The molecule has 1 aliphatic rings. The van der Waals surface area contributed by atoms with Crippen molar-refractivity contribution in [3.63, 3.8) is 0 Å². The van der Waals surface area contributed by atoms with Crippen LogP contribution < -0.4 is 10.1 Å². The Hall–Kier alpha value is -3.12. The van der Waals surface area contributed by atoms with Crippen LogP contribution in [0.15, 0.2) is 48.5 Å². The highest BCUT2D eigenvalue weighted by Gasteiger charge is 2.23. The minimum Gasteiger partial charge on any atom is -0.490 e. The maximum absolute atomic E-state index is 12.6. The molecule has 34 heavy (non-hydrogen) atoms. The third-order valence-electron chi connectivity index (χ3n) is 6.71. The normalized spacial score (nSPS) is 14.8. The second kappa shape index (κ2) is 10.9. The number of aryl methyl sites for hydroxylation is 3. The smallest absolute Gasteiger partial charge is 0.234 e. The Kier molecular flexibility index (Phi) is 7.68. The van der Waals surface area contributed by atoms with Crippen LogP contribution in [-0.2, 0) is 17.9 Å². The number of rotatable bonds is 8. The Labute approximate surface area is 202 Å². The van der Waals surface area contributed by atoms with Gasteiger partial charge >= 0.3 is 0 Å². The first-order valence-electron chi connectivity index (χ1n) is 12.2. The summed E-state index contributed by atoms with van der Waals surface area (Å²) in [5, 5.41) is 7.80. The average Bonchev–Trinajstić information content (AvgIpc) is 3.09. The molecule has 0 radical (unpaired) electrons. The fourth-order valence-electron chi connectivity index (χ4n) is 4.55. The van der Waals surface area contributed by atoms with Gasteiger partial charge in [0.25, 0.3) is 0 Å². The Balaban J connectivity index is 1.24. The fourth-order valence-corrected chi connectivity index (χ4v) is 4.55. The summed E-state index contributed by atoms with van der Waals surface area (Å²) in [6.07, 6.45) is 2.08. The van der Waals surface area contributed by atoms with E-state index in [1.807, 2.05) is 29.8 Å². The highest BCUT2D eigenvalue weighted by Crippen LogP contribution is 2.24. The quantitative estimate of drug-likeness (QED) is 0.544. The monoisotopic (exact) mass is 460 g/mol. The summed E-state index contributed by atoms with van der Waals surface area (Å²) < 4.78 is 8.28. The van der Waals surface area contributed by atoms with Gasteiger partial charge in [-0.05, 0) is 63.3 Å². The zero-order valence-corrected chi connectivity index (χ0v) is 20.8. The Bertz CT molecular complexity index is 1110. The van der Waals surface area contributed by atoms with E-state index in [1.54, 1.807) is 0 Å². The van der Waals surface area contributed by atoms with Crippen molar-refractivity contribution in [2.75, 3.05) is 19.6 Å². The summed E-state index contributed by atoms with van der Waals surface area (Å²) in [6.45, 7) is 11.7. The van der Waals surface area contributed by atoms with Gasteiger partial charge in [-0.2, -0.15) is 5.10 Å². The van der Waals surface area contributed by atoms with Crippen LogP contribution in [-0.4, -0.2) is 46.3 Å². The molecule has 1 fully saturated rings. The van der Waals surface area contributed by atoms with Crippen molar-refractivity contribution in [2.45, 2.75) is 59.7 Å². The molecule has 6 nitrogen and oxygen atoms in total. The number of amides is 1. The van der Waals surface area contributed by atoms with Crippen LogP contribution in [0.5, 0.6) is 5.75 Å². The molecular weight excluding hydrogens is 424 g/mol. The Morgan fingerprint density at radius 3 is 2.53 bits per heavy atom. The molecule has 1 saturated heterocycles. The lowest BCUT2D eigenvalue weighted by molar-refractivity contribution is -0.122. The van der Waals surface area contributed by atoms with E-state index in [4.69, 9.17) is 9.84 Å². The highest BCUT2D eigenvalue weighted by molar-refractivity contribution is 5.78. The molecule has 0 unspecified atom stereocenters. The van der Waals surface area contributed by atoms with Gasteiger partial charge < -0.3 is 10.1 Å². The van der Waals surface area contributed by atoms with Gasteiger partial charge in [-0.3, -0.25) is 14.4 Å². The lowest BCUT2D eigenvalue weighted by atomic mass is 10.1. The number of ether oxygens (including phenoxy) is 1. The summed E-state index contributed by atoms with van der Waals surface area (Å²) in [6, 6.07) is 16.6. The van der Waals surface area contributed by atoms with Crippen molar-refractivity contribution < 1.29 is 9.53 Å². The molecule has 0 bridgehead atoms. The summed E-state index contributed by atoms with van der Waals surface area (Å²) >= 11 is 0. The van der Waals surface area contributed by atoms with Crippen LogP contribution in [0.2, 0.25) is 0 Å². The van der Waals surface area contributed by atoms with Crippen LogP contribution in [0.1, 0.15) is 46.5 Å². The predicted molar refractivity (Wildman–Crippen MR) is 135 cm³/mol. The van der Waals surface area contributed by atoms with Gasteiger partial charge in [-0.15, -0.1) is 0 Å². The number of benzene rings is 2. The van der Waals surface area contributed by atoms with Crippen molar-refractivity contribution in [2.24, 2.45) is 0 Å². The molecule has 0 saturated carbocycles. The SMILES string of the molecule is Cc1ccc(C)c(OC2CCN(CC(=O)NCc3c(C)nn(Cc4ccccc4)c3C)CC2)c1. The van der Waals surface area contributed by atoms with Crippen LogP contribution in [0.4, 0.5) is 0 Å². The average molecular weight is 461 g/mol. The zero-order valence-electron chi connectivity index (χ0n) is 20.8. The van der Waals surface area contributed by atoms with E-state index in [-0.39, 0.29) is 12.0 Å². The number of likely N-dealkylation sites (tertiary alicyclic amines) is 1. The second-order valence-electron chi connectivity index (χ2n) is 9.43. The lowest BCUT2D eigenvalue weighted by Crippen LogP contribution is -2.43. The molecule has 3 aromatic rings. The molecule has 1 N–H and O–H groups in total. The maximum Gasteiger partial charge on any atom is 0.234 e. The largest absolute Gasteiger partial charge is 0.490 e. The molecule has 1 amide bonds. The number of aromatic nitrogens is 2. The van der Waals surface area contributed by atoms with Crippen LogP contribution in [0.3, 0.4) is 0 Å². The maximum atomic E-state index is 12.6. The molecule has 4 rings (SSSR count). The molecule has 6 heteroatoms. The highest BCUT2D eigenvalue weighted by atomic mass is 16.5. The number of nitrogens with zero attached hydrogens (tertiary/aromatic N) is 3. The molecule has 1 aliphatic heterocycles. The minimum absolute atomic E-state index is 0.0588. The number of carbonyl (C=O) groups is 1. The Morgan fingerprint density at radius 2 is 1.79 bits per heavy atom. The van der Waals surface area contributed by atoms with Crippen molar-refractivity contribution >= 4 is 5.91 Å². The molecule has 2 aromatic carbocycles. The first kappa shape index (κ1) is 24.0. The molecule has 0 aliphatic carbocycles. The van der Waals surface area contributed by atoms with E-state index >= 15 is 0 Å². The Morgan fingerprint density at radius 1 is 1.06 bits per heavy atom.